The fraction of sp³-hybridized carbons (Fsp3) is 0.308. The first-order chi connectivity index (χ1) is 9.97. The Morgan fingerprint density at radius 2 is 2.14 bits per heavy atom. The van der Waals surface area contributed by atoms with Crippen LogP contribution in [-0.4, -0.2) is 20.7 Å². The molecule has 8 heteroatoms. The third kappa shape index (κ3) is 3.36. The van der Waals surface area contributed by atoms with Crippen LogP contribution in [0.2, 0.25) is 0 Å². The summed E-state index contributed by atoms with van der Waals surface area (Å²) in [6.07, 6.45) is -2.67. The van der Waals surface area contributed by atoms with E-state index in [1.54, 1.807) is 6.07 Å². The SMILES string of the molecule is CCCSc1cc(-c2cnnn2C(F)(F)F)ccc1C#N. The maximum absolute atomic E-state index is 12.8. The fourth-order valence-electron chi connectivity index (χ4n) is 1.72. The van der Waals surface area contributed by atoms with Gasteiger partial charge in [-0.15, -0.1) is 30.0 Å². The molecule has 0 N–H and O–H groups in total. The summed E-state index contributed by atoms with van der Waals surface area (Å²) in [5, 5.41) is 15.4. The minimum atomic E-state index is -4.63. The van der Waals surface area contributed by atoms with Crippen molar-refractivity contribution in [1.82, 2.24) is 15.0 Å². The molecule has 0 bridgehead atoms. The Balaban J connectivity index is 2.46. The van der Waals surface area contributed by atoms with Gasteiger partial charge in [-0.25, -0.2) is 0 Å². The van der Waals surface area contributed by atoms with Gasteiger partial charge in [0.05, 0.1) is 17.5 Å². The number of nitriles is 1. The van der Waals surface area contributed by atoms with Crippen molar-refractivity contribution in [2.24, 2.45) is 0 Å². The molecule has 0 amide bonds. The smallest absolute Gasteiger partial charge is 0.192 e. The molecule has 0 saturated heterocycles. The van der Waals surface area contributed by atoms with Crippen molar-refractivity contribution in [2.45, 2.75) is 24.5 Å². The molecule has 0 radical (unpaired) electrons. The summed E-state index contributed by atoms with van der Waals surface area (Å²) in [7, 11) is 0. The fourth-order valence-corrected chi connectivity index (χ4v) is 2.63. The quantitative estimate of drug-likeness (QED) is 0.806. The zero-order valence-corrected chi connectivity index (χ0v) is 11.9. The predicted molar refractivity (Wildman–Crippen MR) is 72.5 cm³/mol. The number of hydrogen-bond acceptors (Lipinski definition) is 4. The first-order valence-electron chi connectivity index (χ1n) is 6.12. The lowest BCUT2D eigenvalue weighted by atomic mass is 10.1. The number of nitrogens with zero attached hydrogens (tertiary/aromatic N) is 4. The van der Waals surface area contributed by atoms with E-state index in [1.165, 1.54) is 23.9 Å². The molecule has 0 saturated carbocycles. The maximum Gasteiger partial charge on any atom is 0.506 e. The zero-order valence-electron chi connectivity index (χ0n) is 11.1. The molecule has 0 spiro atoms. The van der Waals surface area contributed by atoms with E-state index in [2.05, 4.69) is 10.3 Å². The maximum atomic E-state index is 12.8. The van der Waals surface area contributed by atoms with Crippen molar-refractivity contribution < 1.29 is 13.2 Å². The van der Waals surface area contributed by atoms with Crippen molar-refractivity contribution in [3.8, 4) is 17.3 Å². The molecule has 0 atom stereocenters. The van der Waals surface area contributed by atoms with Gasteiger partial charge in [0, 0.05) is 10.5 Å². The van der Waals surface area contributed by atoms with E-state index in [1.807, 2.05) is 13.0 Å². The standard InChI is InChI=1S/C13H11F3N4S/c1-2-5-21-12-6-9(3-4-10(12)7-17)11-8-18-19-20(11)13(14,15)16/h3-4,6,8H,2,5H2,1H3. The van der Waals surface area contributed by atoms with Gasteiger partial charge in [-0.05, 0) is 24.3 Å². The van der Waals surface area contributed by atoms with E-state index in [4.69, 9.17) is 5.26 Å². The van der Waals surface area contributed by atoms with Gasteiger partial charge in [-0.3, -0.25) is 0 Å². The van der Waals surface area contributed by atoms with Gasteiger partial charge in [0.25, 0.3) is 0 Å². The minimum Gasteiger partial charge on any atom is -0.192 e. The van der Waals surface area contributed by atoms with Crippen molar-refractivity contribution in [1.29, 1.82) is 5.26 Å². The molecule has 2 aromatic rings. The van der Waals surface area contributed by atoms with Crippen LogP contribution in [0, 0.1) is 11.3 Å². The van der Waals surface area contributed by atoms with E-state index in [9.17, 15) is 13.2 Å². The van der Waals surface area contributed by atoms with Crippen molar-refractivity contribution >= 4 is 11.8 Å². The Hall–Kier alpha value is -2.01. The van der Waals surface area contributed by atoms with Crippen molar-refractivity contribution in [3.05, 3.63) is 30.0 Å². The van der Waals surface area contributed by atoms with Crippen LogP contribution in [0.3, 0.4) is 0 Å². The predicted octanol–water partition coefficient (Wildman–Crippen LogP) is 3.80. The molecule has 1 aromatic carbocycles. The van der Waals surface area contributed by atoms with Gasteiger partial charge in [0.2, 0.25) is 0 Å². The Morgan fingerprint density at radius 3 is 2.76 bits per heavy atom. The van der Waals surface area contributed by atoms with Crippen LogP contribution in [-0.2, 0) is 6.30 Å². The molecule has 2 rings (SSSR count). The van der Waals surface area contributed by atoms with Crippen molar-refractivity contribution in [2.75, 3.05) is 5.75 Å². The van der Waals surface area contributed by atoms with Crippen LogP contribution in [0.25, 0.3) is 11.3 Å². The zero-order chi connectivity index (χ0) is 15.5. The highest BCUT2D eigenvalue weighted by atomic mass is 32.2. The van der Waals surface area contributed by atoms with Crippen LogP contribution < -0.4 is 0 Å². The lowest BCUT2D eigenvalue weighted by Gasteiger charge is -2.11. The summed E-state index contributed by atoms with van der Waals surface area (Å²) in [6.45, 7) is 1.99. The second kappa shape index (κ2) is 6.18. The topological polar surface area (TPSA) is 54.5 Å². The molecule has 110 valence electrons. The Bertz CT molecular complexity index is 673. The third-order valence-electron chi connectivity index (χ3n) is 2.65. The molecule has 21 heavy (non-hydrogen) atoms. The average molecular weight is 312 g/mol. The van der Waals surface area contributed by atoms with Crippen LogP contribution >= 0.6 is 11.8 Å². The lowest BCUT2D eigenvalue weighted by Crippen LogP contribution is -2.19. The summed E-state index contributed by atoms with van der Waals surface area (Å²) in [5.41, 5.74) is 0.628. The Kier molecular flexibility index (Phi) is 4.53. The number of alkyl halides is 3. The van der Waals surface area contributed by atoms with Gasteiger partial charge in [-0.2, -0.15) is 9.94 Å². The highest BCUT2D eigenvalue weighted by Gasteiger charge is 2.35. The highest BCUT2D eigenvalue weighted by Crippen LogP contribution is 2.32. The average Bonchev–Trinajstić information content (AvgIpc) is 2.94. The third-order valence-corrected chi connectivity index (χ3v) is 3.91. The summed E-state index contributed by atoms with van der Waals surface area (Å²) in [5.74, 6) is 0.787. The number of aromatic nitrogens is 3. The Morgan fingerprint density at radius 1 is 1.38 bits per heavy atom. The van der Waals surface area contributed by atoms with Gasteiger partial charge < -0.3 is 0 Å². The molecule has 1 aromatic heterocycles. The van der Waals surface area contributed by atoms with E-state index < -0.39 is 6.30 Å². The van der Waals surface area contributed by atoms with E-state index in [-0.39, 0.29) is 10.4 Å². The number of thioether (sulfide) groups is 1. The second-order valence-corrected chi connectivity index (χ2v) is 5.31. The Labute approximate surface area is 123 Å². The minimum absolute atomic E-state index is 0.0807. The normalized spacial score (nSPS) is 11.4. The molecule has 0 unspecified atom stereocenters. The lowest BCUT2D eigenvalue weighted by molar-refractivity contribution is -0.211. The number of hydrogen-bond donors (Lipinski definition) is 0. The molecular weight excluding hydrogens is 301 g/mol. The van der Waals surface area contributed by atoms with Crippen LogP contribution in [0.4, 0.5) is 13.2 Å². The molecule has 0 aliphatic carbocycles. The monoisotopic (exact) mass is 312 g/mol. The summed E-state index contributed by atoms with van der Waals surface area (Å²) < 4.78 is 38.4. The molecule has 4 nitrogen and oxygen atoms in total. The molecule has 0 aliphatic heterocycles. The first-order valence-corrected chi connectivity index (χ1v) is 7.11. The van der Waals surface area contributed by atoms with Crippen LogP contribution in [0.15, 0.2) is 29.3 Å². The number of benzene rings is 1. The highest BCUT2D eigenvalue weighted by molar-refractivity contribution is 7.99. The van der Waals surface area contributed by atoms with Crippen LogP contribution in [0.5, 0.6) is 0 Å². The summed E-state index contributed by atoms with van der Waals surface area (Å²) in [4.78, 5) is 0.659. The largest absolute Gasteiger partial charge is 0.506 e. The summed E-state index contributed by atoms with van der Waals surface area (Å²) >= 11 is 1.44. The first kappa shape index (κ1) is 15.4. The summed E-state index contributed by atoms with van der Waals surface area (Å²) in [6, 6.07) is 6.59. The van der Waals surface area contributed by atoms with E-state index >= 15 is 0 Å². The second-order valence-electron chi connectivity index (χ2n) is 4.17. The molecule has 0 fully saturated rings. The van der Waals surface area contributed by atoms with Gasteiger partial charge in [0.1, 0.15) is 6.07 Å². The van der Waals surface area contributed by atoms with Gasteiger partial charge in [0.15, 0.2) is 0 Å². The van der Waals surface area contributed by atoms with Gasteiger partial charge in [-0.1, -0.05) is 18.2 Å². The van der Waals surface area contributed by atoms with E-state index in [0.29, 0.717) is 16.0 Å². The molecular formula is C13H11F3N4S. The van der Waals surface area contributed by atoms with Crippen molar-refractivity contribution in [3.63, 3.8) is 0 Å². The van der Waals surface area contributed by atoms with Crippen LogP contribution in [0.1, 0.15) is 18.9 Å². The van der Waals surface area contributed by atoms with E-state index in [0.717, 1.165) is 18.4 Å². The molecule has 1 heterocycles. The number of halogens is 3. The number of rotatable bonds is 4. The van der Waals surface area contributed by atoms with Gasteiger partial charge >= 0.3 is 6.30 Å². The molecule has 0 aliphatic rings.